The molecule has 7 aromatic carbocycles. The lowest BCUT2D eigenvalue weighted by atomic mass is 9.98. The first-order valence-corrected chi connectivity index (χ1v) is 23.6. The van der Waals surface area contributed by atoms with Crippen LogP contribution in [0.15, 0.2) is 163 Å². The average Bonchev–Trinajstić information content (AvgIpc) is 3.32. The van der Waals surface area contributed by atoms with E-state index in [9.17, 15) is 17.2 Å². The quantitative estimate of drug-likeness (QED) is 0.0581. The van der Waals surface area contributed by atoms with Crippen molar-refractivity contribution in [2.24, 2.45) is 5.73 Å². The number of hydrogen-bond acceptors (Lipinski definition) is 7. The number of ether oxygens (including phenoxy) is 2. The van der Waals surface area contributed by atoms with Crippen molar-refractivity contribution in [1.82, 2.24) is 5.32 Å². The zero-order chi connectivity index (χ0) is 46.0. The monoisotopic (exact) mass is 896 g/mol. The Morgan fingerprint density at radius 2 is 0.938 bits per heavy atom. The fourth-order valence-electron chi connectivity index (χ4n) is 7.17. The maximum atomic E-state index is 14.9. The van der Waals surface area contributed by atoms with Gasteiger partial charge in [-0.15, -0.1) is 0 Å². The van der Waals surface area contributed by atoms with Crippen LogP contribution in [0.1, 0.15) is 43.4 Å². The Labute approximate surface area is 383 Å². The third-order valence-corrected chi connectivity index (χ3v) is 12.0. The summed E-state index contributed by atoms with van der Waals surface area (Å²) >= 11 is 0. The van der Waals surface area contributed by atoms with Crippen LogP contribution in [-0.2, 0) is 27.1 Å². The van der Waals surface area contributed by atoms with Gasteiger partial charge >= 0.3 is 0 Å². The second-order valence-electron chi connectivity index (χ2n) is 15.7. The smallest absolute Gasteiger partial charge is 0.297 e. The largest absolute Gasteiger partial charge is 0.492 e. The maximum absolute atomic E-state index is 14.9. The lowest BCUT2D eigenvalue weighted by molar-refractivity contribution is 0.221. The van der Waals surface area contributed by atoms with Crippen molar-refractivity contribution in [1.29, 1.82) is 0 Å². The Balaban J connectivity index is 0.000000221. The molecule has 0 bridgehead atoms. The Bertz CT molecular complexity index is 2660. The summed E-state index contributed by atoms with van der Waals surface area (Å²) in [5, 5.41) is 3.19. The molecule has 0 fully saturated rings. The normalized spacial score (nSPS) is 11.2. The number of halogens is 2. The summed E-state index contributed by atoms with van der Waals surface area (Å²) < 4.78 is 70.5. The number of nitrogens with one attached hydrogen (secondary N) is 1. The first-order chi connectivity index (χ1) is 31.6. The van der Waals surface area contributed by atoms with Gasteiger partial charge in [-0.05, 0) is 113 Å². The highest BCUT2D eigenvalue weighted by Gasteiger charge is 2.15. The minimum absolute atomic E-state index is 0.0742. The van der Waals surface area contributed by atoms with Gasteiger partial charge in [0.25, 0.3) is 10.1 Å². The van der Waals surface area contributed by atoms with Gasteiger partial charge < -0.3 is 20.5 Å². The highest BCUT2D eigenvalue weighted by atomic mass is 32.2. The first kappa shape index (κ1) is 48.3. The molecule has 0 unspecified atom stereocenters. The third-order valence-electron chi connectivity index (χ3n) is 10.7. The fraction of sp³-hybridized carbons (Fsp3) is 0.236. The van der Waals surface area contributed by atoms with Crippen LogP contribution < -0.4 is 20.5 Å². The Morgan fingerprint density at radius 3 is 1.37 bits per heavy atom. The minimum atomic E-state index is -3.82. The zero-order valence-electron chi connectivity index (χ0n) is 37.4. The van der Waals surface area contributed by atoms with Gasteiger partial charge in [0.1, 0.15) is 43.0 Å². The van der Waals surface area contributed by atoms with Crippen molar-refractivity contribution in [2.75, 3.05) is 39.5 Å². The van der Waals surface area contributed by atoms with E-state index in [1.54, 1.807) is 36.4 Å². The second kappa shape index (κ2) is 24.2. The topological polar surface area (TPSA) is 99.9 Å². The van der Waals surface area contributed by atoms with E-state index < -0.39 is 10.1 Å². The number of nitrogens with two attached hydrogens (primary N) is 1. The molecule has 338 valence electrons. The van der Waals surface area contributed by atoms with Gasteiger partial charge in [0.15, 0.2) is 0 Å². The lowest BCUT2D eigenvalue weighted by Crippen LogP contribution is -2.26. The summed E-state index contributed by atoms with van der Waals surface area (Å²) in [5.41, 5.74) is 15.3. The molecule has 7 aromatic rings. The summed E-state index contributed by atoms with van der Waals surface area (Å²) in [4.78, 5) is 0.115. The van der Waals surface area contributed by atoms with Gasteiger partial charge in [-0.2, -0.15) is 8.42 Å². The molecule has 0 radical (unpaired) electrons. The predicted octanol–water partition coefficient (Wildman–Crippen LogP) is 12.2. The van der Waals surface area contributed by atoms with Gasteiger partial charge in [0, 0.05) is 30.8 Å². The van der Waals surface area contributed by atoms with E-state index in [1.165, 1.54) is 29.3 Å². The third kappa shape index (κ3) is 14.2. The molecule has 0 saturated heterocycles. The summed E-state index contributed by atoms with van der Waals surface area (Å²) in [6.07, 6.45) is 4.25. The molecule has 10 heteroatoms. The van der Waals surface area contributed by atoms with Crippen LogP contribution in [0.2, 0.25) is 0 Å². The summed E-state index contributed by atoms with van der Waals surface area (Å²) in [5.74, 6) is 0.881. The molecule has 0 amide bonds. The zero-order valence-corrected chi connectivity index (χ0v) is 38.2. The number of hydrogen-bond donors (Lipinski definition) is 2. The first-order valence-electron chi connectivity index (χ1n) is 22.2. The van der Waals surface area contributed by atoms with Gasteiger partial charge in [0.2, 0.25) is 0 Å². The number of rotatable bonds is 20. The van der Waals surface area contributed by atoms with E-state index in [0.717, 1.165) is 83.5 Å². The van der Waals surface area contributed by atoms with Crippen LogP contribution in [0, 0.1) is 18.6 Å². The van der Waals surface area contributed by atoms with Crippen molar-refractivity contribution in [3.8, 4) is 56.0 Å². The van der Waals surface area contributed by atoms with E-state index in [1.807, 2.05) is 97.9 Å². The van der Waals surface area contributed by atoms with Crippen LogP contribution >= 0.6 is 0 Å². The van der Waals surface area contributed by atoms with Crippen molar-refractivity contribution in [3.05, 3.63) is 186 Å². The van der Waals surface area contributed by atoms with Crippen molar-refractivity contribution in [3.63, 3.8) is 0 Å². The van der Waals surface area contributed by atoms with E-state index in [2.05, 4.69) is 31.3 Å². The van der Waals surface area contributed by atoms with Gasteiger partial charge in [-0.1, -0.05) is 141 Å². The van der Waals surface area contributed by atoms with E-state index in [-0.39, 0.29) is 29.7 Å². The van der Waals surface area contributed by atoms with E-state index >= 15 is 0 Å². The van der Waals surface area contributed by atoms with E-state index in [0.29, 0.717) is 30.0 Å². The molecule has 0 saturated carbocycles. The Kier molecular flexibility index (Phi) is 18.0. The molecule has 0 aromatic heterocycles. The molecular formula is C55H58F2N2O5S. The molecular weight excluding hydrogens is 839 g/mol. The van der Waals surface area contributed by atoms with Gasteiger partial charge in [-0.25, -0.2) is 8.78 Å². The highest BCUT2D eigenvalue weighted by Crippen LogP contribution is 2.31. The van der Waals surface area contributed by atoms with Crippen molar-refractivity contribution >= 4 is 10.1 Å². The Morgan fingerprint density at radius 1 is 0.508 bits per heavy atom. The van der Waals surface area contributed by atoms with Crippen LogP contribution in [-0.4, -0.2) is 47.9 Å². The lowest BCUT2D eigenvalue weighted by Gasteiger charge is -2.10. The Hall–Kier alpha value is -6.17. The number of aryl methyl sites for hydroxylation is 3. The molecule has 65 heavy (non-hydrogen) atoms. The predicted molar refractivity (Wildman–Crippen MR) is 260 cm³/mol. The SMILES string of the molecule is CCCc1ccc(-c2ccc(-c3ccc(OCCNCCN)cc3)cc2F)cc1.CCCc1ccc(-c2ccc(-c3ccc(OCCOS(=O)(=O)c4ccc(C)cc4)cc3)cc2F)cc1. The standard InChI is InChI=1S/C30H29FO4S.C25H29FN2O/c1-3-4-23-7-9-25(10-8-23)29-18-13-26(21-30(29)31)24-11-14-27(15-12-24)34-19-20-35-36(32,33)28-16-5-22(2)6-17-28;1-2-3-19-4-6-21(7-5-19)24-13-10-22(18-25(24)26)20-8-11-23(12-9-20)29-17-16-28-15-14-27/h5-18,21H,3-4,19-20H2,1-2H3;4-13,18,28H,2-3,14-17,27H2,1H3. The molecule has 0 aliphatic rings. The molecule has 0 aliphatic carbocycles. The van der Waals surface area contributed by atoms with E-state index in [4.69, 9.17) is 19.4 Å². The fourth-order valence-corrected chi connectivity index (χ4v) is 8.06. The molecule has 7 rings (SSSR count). The molecule has 0 heterocycles. The number of benzene rings is 7. The van der Waals surface area contributed by atoms with Crippen LogP contribution in [0.5, 0.6) is 11.5 Å². The molecule has 0 spiro atoms. The van der Waals surface area contributed by atoms with Crippen LogP contribution in [0.3, 0.4) is 0 Å². The van der Waals surface area contributed by atoms with Crippen molar-refractivity contribution < 1.29 is 30.9 Å². The van der Waals surface area contributed by atoms with Crippen molar-refractivity contribution in [2.45, 2.75) is 51.3 Å². The molecule has 3 N–H and O–H groups in total. The maximum Gasteiger partial charge on any atom is 0.297 e. The van der Waals surface area contributed by atoms with Crippen LogP contribution in [0.25, 0.3) is 44.5 Å². The summed E-state index contributed by atoms with van der Waals surface area (Å²) in [6.45, 7) is 8.89. The van der Waals surface area contributed by atoms with Gasteiger partial charge in [0.05, 0.1) is 4.90 Å². The second-order valence-corrected chi connectivity index (χ2v) is 17.3. The average molecular weight is 897 g/mol. The van der Waals surface area contributed by atoms with Gasteiger partial charge in [-0.3, -0.25) is 4.18 Å². The molecule has 0 aliphatic heterocycles. The highest BCUT2D eigenvalue weighted by molar-refractivity contribution is 7.86. The molecule has 0 atom stereocenters. The minimum Gasteiger partial charge on any atom is -0.492 e. The summed E-state index contributed by atoms with van der Waals surface area (Å²) in [6, 6.07) is 48.3. The van der Waals surface area contributed by atoms with Crippen LogP contribution in [0.4, 0.5) is 8.78 Å². The molecule has 7 nitrogen and oxygen atoms in total. The summed E-state index contributed by atoms with van der Waals surface area (Å²) in [7, 11) is -3.82.